The standard InChI is InChI=1S/C16H21F2NO4/c1-19-15(20)6-5-11-3-2-4-13(23-16(17)18)14(9-11)22-12-7-8-21-10-12/h2-3,9,12,16H,4-8,10H2,1H3,(H,19,20). The van der Waals surface area contributed by atoms with Crippen molar-refractivity contribution < 1.29 is 27.8 Å². The Kier molecular flexibility index (Phi) is 6.58. The largest absolute Gasteiger partial charge is 0.484 e. The summed E-state index contributed by atoms with van der Waals surface area (Å²) in [7, 11) is 1.57. The van der Waals surface area contributed by atoms with Crippen molar-refractivity contribution in [2.24, 2.45) is 0 Å². The second-order valence-electron chi connectivity index (χ2n) is 5.27. The van der Waals surface area contributed by atoms with Gasteiger partial charge in [-0.15, -0.1) is 0 Å². The average Bonchev–Trinajstić information content (AvgIpc) is 2.95. The van der Waals surface area contributed by atoms with Gasteiger partial charge in [0.25, 0.3) is 0 Å². The summed E-state index contributed by atoms with van der Waals surface area (Å²) in [5.41, 5.74) is 0.829. The Balaban J connectivity index is 2.14. The maximum Gasteiger partial charge on any atom is 0.387 e. The van der Waals surface area contributed by atoms with E-state index in [1.54, 1.807) is 25.3 Å². The zero-order valence-electron chi connectivity index (χ0n) is 13.0. The summed E-state index contributed by atoms with van der Waals surface area (Å²) < 4.78 is 40.8. The molecule has 1 heterocycles. The summed E-state index contributed by atoms with van der Waals surface area (Å²) >= 11 is 0. The highest BCUT2D eigenvalue weighted by molar-refractivity contribution is 5.75. The topological polar surface area (TPSA) is 56.8 Å². The molecule has 1 aliphatic carbocycles. The van der Waals surface area contributed by atoms with Gasteiger partial charge in [-0.1, -0.05) is 12.2 Å². The number of carbonyl (C=O) groups excluding carboxylic acids is 1. The minimum atomic E-state index is -2.90. The summed E-state index contributed by atoms with van der Waals surface area (Å²) in [4.78, 5) is 11.4. The van der Waals surface area contributed by atoms with Gasteiger partial charge in [0.2, 0.25) is 5.91 Å². The van der Waals surface area contributed by atoms with Crippen LogP contribution < -0.4 is 5.32 Å². The fourth-order valence-electron chi connectivity index (χ4n) is 2.35. The first-order chi connectivity index (χ1) is 11.1. The normalized spacial score (nSPS) is 21.2. The fraction of sp³-hybridized carbons (Fsp3) is 0.562. The van der Waals surface area contributed by atoms with Crippen LogP contribution in [0.15, 0.2) is 35.3 Å². The molecule has 0 bridgehead atoms. The third kappa shape index (κ3) is 5.67. The molecule has 2 rings (SSSR count). The number of ether oxygens (including phenoxy) is 3. The van der Waals surface area contributed by atoms with E-state index in [9.17, 15) is 13.6 Å². The lowest BCUT2D eigenvalue weighted by atomic mass is 10.1. The van der Waals surface area contributed by atoms with Crippen molar-refractivity contribution in [1.29, 1.82) is 0 Å². The average molecular weight is 329 g/mol. The monoisotopic (exact) mass is 329 g/mol. The maximum absolute atomic E-state index is 12.6. The first-order valence-electron chi connectivity index (χ1n) is 7.58. The van der Waals surface area contributed by atoms with Crippen LogP contribution in [0.25, 0.3) is 0 Å². The molecule has 1 unspecified atom stereocenters. The predicted octanol–water partition coefficient (Wildman–Crippen LogP) is 2.66. The number of amides is 1. The molecule has 23 heavy (non-hydrogen) atoms. The molecule has 0 aromatic carbocycles. The number of hydrogen-bond acceptors (Lipinski definition) is 4. The molecule has 1 amide bonds. The van der Waals surface area contributed by atoms with E-state index >= 15 is 0 Å². The second kappa shape index (κ2) is 8.67. The van der Waals surface area contributed by atoms with Crippen molar-refractivity contribution in [3.05, 3.63) is 35.3 Å². The number of carbonyl (C=O) groups is 1. The van der Waals surface area contributed by atoms with Gasteiger partial charge in [-0.2, -0.15) is 8.78 Å². The van der Waals surface area contributed by atoms with E-state index in [2.05, 4.69) is 10.1 Å². The SMILES string of the molecule is CNC(=O)CCC1=CC(OC2CCOC2)=C(OC(F)F)CC=C1. The highest BCUT2D eigenvalue weighted by Gasteiger charge is 2.22. The van der Waals surface area contributed by atoms with E-state index in [1.807, 2.05) is 0 Å². The number of allylic oxidation sites excluding steroid dienone is 4. The van der Waals surface area contributed by atoms with Gasteiger partial charge in [-0.05, 0) is 18.1 Å². The Labute approximate surface area is 134 Å². The summed E-state index contributed by atoms with van der Waals surface area (Å²) in [6, 6.07) is 0. The molecule has 1 saturated heterocycles. The lowest BCUT2D eigenvalue weighted by Gasteiger charge is -2.17. The molecule has 0 saturated carbocycles. The molecule has 0 spiro atoms. The van der Waals surface area contributed by atoms with E-state index in [0.29, 0.717) is 32.5 Å². The van der Waals surface area contributed by atoms with Crippen molar-refractivity contribution in [3.63, 3.8) is 0 Å². The Morgan fingerprint density at radius 3 is 3.00 bits per heavy atom. The fourth-order valence-corrected chi connectivity index (χ4v) is 2.35. The van der Waals surface area contributed by atoms with E-state index in [4.69, 9.17) is 9.47 Å². The van der Waals surface area contributed by atoms with Gasteiger partial charge < -0.3 is 19.5 Å². The Morgan fingerprint density at radius 2 is 2.35 bits per heavy atom. The molecule has 0 aromatic heterocycles. The smallest absolute Gasteiger partial charge is 0.387 e. The Morgan fingerprint density at radius 1 is 1.52 bits per heavy atom. The van der Waals surface area contributed by atoms with Gasteiger partial charge in [-0.25, -0.2) is 0 Å². The lowest BCUT2D eigenvalue weighted by molar-refractivity contribution is -0.120. The van der Waals surface area contributed by atoms with Crippen LogP contribution >= 0.6 is 0 Å². The first-order valence-corrected chi connectivity index (χ1v) is 7.58. The Hall–Kier alpha value is -1.89. The van der Waals surface area contributed by atoms with Crippen molar-refractivity contribution in [3.8, 4) is 0 Å². The second-order valence-corrected chi connectivity index (χ2v) is 5.27. The van der Waals surface area contributed by atoms with Gasteiger partial charge in [0.1, 0.15) is 11.9 Å². The molecule has 7 heteroatoms. The lowest BCUT2D eigenvalue weighted by Crippen LogP contribution is -2.17. The zero-order valence-corrected chi connectivity index (χ0v) is 13.0. The van der Waals surface area contributed by atoms with Crippen LogP contribution in [-0.4, -0.2) is 38.9 Å². The summed E-state index contributed by atoms with van der Waals surface area (Å²) in [6.45, 7) is -1.88. The zero-order chi connectivity index (χ0) is 16.7. The molecule has 1 aliphatic heterocycles. The molecule has 2 aliphatic rings. The van der Waals surface area contributed by atoms with E-state index in [0.717, 1.165) is 5.57 Å². The van der Waals surface area contributed by atoms with Crippen LogP contribution in [0.2, 0.25) is 0 Å². The molecule has 1 fully saturated rings. The van der Waals surface area contributed by atoms with Crippen LogP contribution in [0.3, 0.4) is 0 Å². The van der Waals surface area contributed by atoms with Gasteiger partial charge in [0.05, 0.1) is 13.2 Å². The van der Waals surface area contributed by atoms with Crippen molar-refractivity contribution >= 4 is 5.91 Å². The number of rotatable bonds is 7. The van der Waals surface area contributed by atoms with Gasteiger partial charge >= 0.3 is 6.61 Å². The molecule has 5 nitrogen and oxygen atoms in total. The third-order valence-corrected chi connectivity index (χ3v) is 3.56. The van der Waals surface area contributed by atoms with Crippen molar-refractivity contribution in [1.82, 2.24) is 5.32 Å². The Bertz CT molecular complexity index is 508. The van der Waals surface area contributed by atoms with Crippen molar-refractivity contribution in [2.75, 3.05) is 20.3 Å². The quantitative estimate of drug-likeness (QED) is 0.780. The van der Waals surface area contributed by atoms with Gasteiger partial charge in [0.15, 0.2) is 5.76 Å². The minimum Gasteiger partial charge on any atom is -0.484 e. The van der Waals surface area contributed by atoms with Crippen LogP contribution in [-0.2, 0) is 19.0 Å². The highest BCUT2D eigenvalue weighted by atomic mass is 19.3. The van der Waals surface area contributed by atoms with Crippen LogP contribution in [0, 0.1) is 0 Å². The predicted molar refractivity (Wildman–Crippen MR) is 79.6 cm³/mol. The highest BCUT2D eigenvalue weighted by Crippen LogP contribution is 2.26. The van der Waals surface area contributed by atoms with Crippen LogP contribution in [0.5, 0.6) is 0 Å². The van der Waals surface area contributed by atoms with Gasteiger partial charge in [0, 0.05) is 26.3 Å². The van der Waals surface area contributed by atoms with E-state index in [1.165, 1.54) is 0 Å². The molecular formula is C16H21F2NO4. The van der Waals surface area contributed by atoms with E-state index in [-0.39, 0.29) is 30.0 Å². The third-order valence-electron chi connectivity index (χ3n) is 3.56. The summed E-state index contributed by atoms with van der Waals surface area (Å²) in [5.74, 6) is 0.305. The number of hydrogen-bond donors (Lipinski definition) is 1. The molecule has 0 radical (unpaired) electrons. The molecule has 128 valence electrons. The molecular weight excluding hydrogens is 308 g/mol. The summed E-state index contributed by atoms with van der Waals surface area (Å²) in [5, 5.41) is 2.55. The number of nitrogens with one attached hydrogen (secondary N) is 1. The van der Waals surface area contributed by atoms with Crippen LogP contribution in [0.4, 0.5) is 8.78 Å². The number of halogens is 2. The number of alkyl halides is 2. The van der Waals surface area contributed by atoms with Gasteiger partial charge in [-0.3, -0.25) is 4.79 Å². The van der Waals surface area contributed by atoms with Crippen LogP contribution in [0.1, 0.15) is 25.7 Å². The summed E-state index contributed by atoms with van der Waals surface area (Å²) in [6.07, 6.45) is 6.77. The molecule has 0 aromatic rings. The van der Waals surface area contributed by atoms with Crippen molar-refractivity contribution in [2.45, 2.75) is 38.4 Å². The maximum atomic E-state index is 12.6. The molecule has 1 atom stereocenters. The first kappa shape index (κ1) is 17.5. The minimum absolute atomic E-state index is 0.0803. The van der Waals surface area contributed by atoms with E-state index < -0.39 is 6.61 Å². The molecule has 1 N–H and O–H groups in total.